The summed E-state index contributed by atoms with van der Waals surface area (Å²) in [5.74, 6) is 0. The molecule has 2 heterocycles. The van der Waals surface area contributed by atoms with Crippen LogP contribution < -0.4 is 0 Å². The van der Waals surface area contributed by atoms with E-state index in [-0.39, 0.29) is 5.41 Å². The first kappa shape index (κ1) is 16.3. The van der Waals surface area contributed by atoms with Crippen molar-refractivity contribution in [3.8, 4) is 0 Å². The van der Waals surface area contributed by atoms with Crippen molar-refractivity contribution in [2.45, 2.75) is 64.8 Å². The molecule has 0 aliphatic carbocycles. The number of rotatable bonds is 6. The van der Waals surface area contributed by atoms with E-state index in [4.69, 9.17) is 0 Å². The maximum atomic E-state index is 9.73. The number of hydrogen-bond acceptors (Lipinski definition) is 3. The van der Waals surface area contributed by atoms with Crippen LogP contribution in [0, 0.1) is 5.41 Å². The Balaban J connectivity index is 1.78. The highest BCUT2D eigenvalue weighted by Crippen LogP contribution is 2.29. The highest BCUT2D eigenvalue weighted by Gasteiger charge is 2.31. The summed E-state index contributed by atoms with van der Waals surface area (Å²) in [6.07, 6.45) is 9.07. The minimum atomic E-state index is 0.137. The molecule has 2 fully saturated rings. The van der Waals surface area contributed by atoms with Crippen LogP contribution >= 0.6 is 0 Å². The fraction of sp³-hybridized carbons (Fsp3) is 1.00. The number of aliphatic hydroxyl groups is 1. The Morgan fingerprint density at radius 3 is 2.05 bits per heavy atom. The topological polar surface area (TPSA) is 26.7 Å². The van der Waals surface area contributed by atoms with Crippen LogP contribution in [-0.4, -0.2) is 60.3 Å². The van der Waals surface area contributed by atoms with E-state index in [0.717, 1.165) is 25.4 Å². The molecule has 0 spiro atoms. The quantitative estimate of drug-likeness (QED) is 0.811. The highest BCUT2D eigenvalue weighted by atomic mass is 16.3. The van der Waals surface area contributed by atoms with Gasteiger partial charge < -0.3 is 14.9 Å². The van der Waals surface area contributed by atoms with Gasteiger partial charge in [-0.05, 0) is 64.7 Å². The maximum Gasteiger partial charge on any atom is 0.0499 e. The van der Waals surface area contributed by atoms with E-state index >= 15 is 0 Å². The van der Waals surface area contributed by atoms with Crippen molar-refractivity contribution in [2.75, 3.05) is 39.3 Å². The molecule has 118 valence electrons. The summed E-state index contributed by atoms with van der Waals surface area (Å²) in [6.45, 7) is 11.0. The van der Waals surface area contributed by atoms with Gasteiger partial charge in [-0.25, -0.2) is 0 Å². The van der Waals surface area contributed by atoms with Gasteiger partial charge in [0.1, 0.15) is 0 Å². The number of likely N-dealkylation sites (tertiary alicyclic amines) is 2. The molecule has 2 aliphatic rings. The van der Waals surface area contributed by atoms with E-state index in [9.17, 15) is 5.11 Å². The number of piperidine rings is 2. The van der Waals surface area contributed by atoms with Crippen LogP contribution in [0.25, 0.3) is 0 Å². The molecule has 2 saturated heterocycles. The van der Waals surface area contributed by atoms with Crippen LogP contribution in [0.4, 0.5) is 0 Å². The average Bonchev–Trinajstić information content (AvgIpc) is 2.54. The first-order valence-corrected chi connectivity index (χ1v) is 8.80. The second-order valence-electron chi connectivity index (χ2n) is 6.97. The lowest BCUT2D eigenvalue weighted by atomic mass is 9.82. The van der Waals surface area contributed by atoms with Crippen LogP contribution in [0.5, 0.6) is 0 Å². The standard InChI is InChI=1S/C17H34N2O/c1-3-17(4-2,15-20)14-18-12-8-16(9-13-18)19-10-6-5-7-11-19/h16,20H,3-15H2,1-2H3. The Morgan fingerprint density at radius 1 is 0.950 bits per heavy atom. The average molecular weight is 282 g/mol. The Labute approximate surface area is 125 Å². The molecule has 0 amide bonds. The molecule has 3 nitrogen and oxygen atoms in total. The van der Waals surface area contributed by atoms with Gasteiger partial charge >= 0.3 is 0 Å². The zero-order valence-electron chi connectivity index (χ0n) is 13.6. The van der Waals surface area contributed by atoms with E-state index in [1.807, 2.05) is 0 Å². The smallest absolute Gasteiger partial charge is 0.0499 e. The monoisotopic (exact) mass is 282 g/mol. The van der Waals surface area contributed by atoms with Gasteiger partial charge in [-0.1, -0.05) is 20.3 Å². The lowest BCUT2D eigenvalue weighted by molar-refractivity contribution is 0.0353. The molecule has 2 aliphatic heterocycles. The molecular formula is C17H34N2O. The third-order valence-electron chi connectivity index (χ3n) is 5.86. The van der Waals surface area contributed by atoms with E-state index in [0.29, 0.717) is 6.61 Å². The van der Waals surface area contributed by atoms with E-state index in [1.54, 1.807) is 0 Å². The SMILES string of the molecule is CCC(CC)(CO)CN1CCC(N2CCCCC2)CC1. The molecule has 0 unspecified atom stereocenters. The maximum absolute atomic E-state index is 9.73. The zero-order valence-corrected chi connectivity index (χ0v) is 13.6. The van der Waals surface area contributed by atoms with Gasteiger partial charge in [0.05, 0.1) is 0 Å². The van der Waals surface area contributed by atoms with Crippen molar-refractivity contribution in [1.29, 1.82) is 0 Å². The van der Waals surface area contributed by atoms with Gasteiger partial charge in [0.15, 0.2) is 0 Å². The summed E-state index contributed by atoms with van der Waals surface area (Å²) in [5.41, 5.74) is 0.137. The number of nitrogens with zero attached hydrogens (tertiary/aromatic N) is 2. The second-order valence-corrected chi connectivity index (χ2v) is 6.97. The largest absolute Gasteiger partial charge is 0.396 e. The van der Waals surface area contributed by atoms with Crippen molar-refractivity contribution in [3.63, 3.8) is 0 Å². The van der Waals surface area contributed by atoms with E-state index in [1.165, 1.54) is 58.3 Å². The Morgan fingerprint density at radius 2 is 1.55 bits per heavy atom. The summed E-state index contributed by atoms with van der Waals surface area (Å²) >= 11 is 0. The molecule has 1 N–H and O–H groups in total. The fourth-order valence-corrected chi connectivity index (χ4v) is 3.95. The molecule has 2 rings (SSSR count). The zero-order chi connectivity index (χ0) is 14.4. The van der Waals surface area contributed by atoms with Gasteiger partial charge in [-0.2, -0.15) is 0 Å². The Kier molecular flexibility index (Phi) is 6.31. The molecule has 0 aromatic heterocycles. The molecule has 0 radical (unpaired) electrons. The summed E-state index contributed by atoms with van der Waals surface area (Å²) in [7, 11) is 0. The van der Waals surface area contributed by atoms with Gasteiger partial charge in [0.25, 0.3) is 0 Å². The van der Waals surface area contributed by atoms with Crippen molar-refractivity contribution in [2.24, 2.45) is 5.41 Å². The van der Waals surface area contributed by atoms with Crippen LogP contribution in [-0.2, 0) is 0 Å². The molecule has 20 heavy (non-hydrogen) atoms. The van der Waals surface area contributed by atoms with E-state index in [2.05, 4.69) is 23.6 Å². The Bertz CT molecular complexity index is 256. The summed E-state index contributed by atoms with van der Waals surface area (Å²) < 4.78 is 0. The van der Waals surface area contributed by atoms with Crippen molar-refractivity contribution < 1.29 is 5.11 Å². The molecule has 3 heteroatoms. The minimum Gasteiger partial charge on any atom is -0.396 e. The summed E-state index contributed by atoms with van der Waals surface area (Å²) in [5, 5.41) is 9.73. The minimum absolute atomic E-state index is 0.137. The molecule has 0 aromatic rings. The van der Waals surface area contributed by atoms with Crippen molar-refractivity contribution in [3.05, 3.63) is 0 Å². The molecule has 0 bridgehead atoms. The van der Waals surface area contributed by atoms with Crippen LogP contribution in [0.1, 0.15) is 58.8 Å². The first-order valence-electron chi connectivity index (χ1n) is 8.80. The molecular weight excluding hydrogens is 248 g/mol. The lowest BCUT2D eigenvalue weighted by Gasteiger charge is -2.43. The van der Waals surface area contributed by atoms with E-state index < -0.39 is 0 Å². The third kappa shape index (κ3) is 3.96. The van der Waals surface area contributed by atoms with Crippen molar-refractivity contribution >= 4 is 0 Å². The Hall–Kier alpha value is -0.120. The van der Waals surface area contributed by atoms with Gasteiger partial charge in [-0.15, -0.1) is 0 Å². The number of aliphatic hydroxyl groups excluding tert-OH is 1. The lowest BCUT2D eigenvalue weighted by Crippen LogP contribution is -2.49. The fourth-order valence-electron chi connectivity index (χ4n) is 3.95. The summed E-state index contributed by atoms with van der Waals surface area (Å²) in [6, 6.07) is 0.832. The third-order valence-corrected chi connectivity index (χ3v) is 5.86. The van der Waals surface area contributed by atoms with Gasteiger partial charge in [0, 0.05) is 24.6 Å². The van der Waals surface area contributed by atoms with Crippen LogP contribution in [0.2, 0.25) is 0 Å². The normalized spacial score (nSPS) is 24.1. The number of hydrogen-bond donors (Lipinski definition) is 1. The second kappa shape index (κ2) is 7.77. The predicted molar refractivity (Wildman–Crippen MR) is 85.0 cm³/mol. The predicted octanol–water partition coefficient (Wildman–Crippen LogP) is 2.74. The van der Waals surface area contributed by atoms with Crippen molar-refractivity contribution in [1.82, 2.24) is 9.80 Å². The summed E-state index contributed by atoms with van der Waals surface area (Å²) in [4.78, 5) is 5.34. The van der Waals surface area contributed by atoms with Gasteiger partial charge in [-0.3, -0.25) is 0 Å². The highest BCUT2D eigenvalue weighted by molar-refractivity contribution is 4.86. The first-order chi connectivity index (χ1) is 9.73. The van der Waals surface area contributed by atoms with Crippen LogP contribution in [0.15, 0.2) is 0 Å². The van der Waals surface area contributed by atoms with Crippen LogP contribution in [0.3, 0.4) is 0 Å². The molecule has 0 atom stereocenters. The molecule has 0 aromatic carbocycles. The van der Waals surface area contributed by atoms with Gasteiger partial charge in [0.2, 0.25) is 0 Å². The molecule has 0 saturated carbocycles.